The average Bonchev–Trinajstić information content (AvgIpc) is 3.28. The summed E-state index contributed by atoms with van der Waals surface area (Å²) in [6.07, 6.45) is 10.8. The lowest BCUT2D eigenvalue weighted by Crippen LogP contribution is -2.60. The van der Waals surface area contributed by atoms with Crippen LogP contribution in [0, 0.1) is 17.8 Å². The normalized spacial score (nSPS) is 32.8. The first-order valence-corrected chi connectivity index (χ1v) is 15.8. The third-order valence-corrected chi connectivity index (χ3v) is 10.3. The lowest BCUT2D eigenvalue weighted by molar-refractivity contribution is -0.159. The number of hydrogen-bond donors (Lipinski definition) is 1. The number of carbonyl (C=O) groups is 3. The Morgan fingerprint density at radius 3 is 2.31 bits per heavy atom. The Balaban J connectivity index is 1.65. The van der Waals surface area contributed by atoms with E-state index in [-0.39, 0.29) is 36.3 Å². The first-order chi connectivity index (χ1) is 20.2. The van der Waals surface area contributed by atoms with E-state index in [4.69, 9.17) is 4.74 Å². The number of carbonyl (C=O) groups excluding carboxylic acids is 3. The Kier molecular flexibility index (Phi) is 8.68. The van der Waals surface area contributed by atoms with Gasteiger partial charge >= 0.3 is 0 Å². The van der Waals surface area contributed by atoms with Crippen LogP contribution in [0.1, 0.15) is 65.9 Å². The monoisotopic (exact) mass is 577 g/mol. The quantitative estimate of drug-likeness (QED) is 0.426. The van der Waals surface area contributed by atoms with Crippen molar-refractivity contribution in [2.45, 2.75) is 96.2 Å². The molecule has 0 saturated carbocycles. The Bertz CT molecular complexity index is 1230. The zero-order valence-corrected chi connectivity index (χ0v) is 25.7. The fourth-order valence-electron chi connectivity index (χ4n) is 7.86. The summed E-state index contributed by atoms with van der Waals surface area (Å²) in [6.45, 7) is 11.1. The molecule has 2 fully saturated rings. The van der Waals surface area contributed by atoms with E-state index in [0.717, 1.165) is 24.8 Å². The van der Waals surface area contributed by atoms with Crippen LogP contribution in [0.5, 0.6) is 0 Å². The standard InChI is InChI=1S/C34H47N3O5/c1-6-14-24(5)36-20-13-18-34-28(31(40)37(29(34)32(36)41)26(22-38)23(4)7-2)27-30(39)35(21-25-15-10-9-11-16-25)19-12-17-33(27,8-3)42-34/h9-13,15-18,23-24,26-29,38H,6-8,14,19-22H2,1-5H3/t23-,24?,26-,27+,28-,29?,33-,34-/m0/s1. The van der Waals surface area contributed by atoms with Gasteiger partial charge < -0.3 is 24.5 Å². The molecule has 8 nitrogen and oxygen atoms in total. The van der Waals surface area contributed by atoms with Crippen LogP contribution < -0.4 is 0 Å². The number of fused-ring (bicyclic) bond motifs is 2. The molecule has 1 aromatic rings. The van der Waals surface area contributed by atoms with Gasteiger partial charge in [0.25, 0.3) is 0 Å². The van der Waals surface area contributed by atoms with Crippen molar-refractivity contribution in [3.05, 3.63) is 60.2 Å². The van der Waals surface area contributed by atoms with E-state index in [9.17, 15) is 19.5 Å². The van der Waals surface area contributed by atoms with Gasteiger partial charge in [0.1, 0.15) is 11.6 Å². The summed E-state index contributed by atoms with van der Waals surface area (Å²) in [5.74, 6) is -2.29. The highest BCUT2D eigenvalue weighted by Crippen LogP contribution is 2.59. The number of nitrogens with zero attached hydrogens (tertiary/aromatic N) is 3. The largest absolute Gasteiger partial charge is 0.394 e. The molecule has 2 saturated heterocycles. The van der Waals surface area contributed by atoms with E-state index in [2.05, 4.69) is 6.92 Å². The van der Waals surface area contributed by atoms with Gasteiger partial charge in [0.15, 0.2) is 0 Å². The van der Waals surface area contributed by atoms with Gasteiger partial charge in [-0.3, -0.25) is 14.4 Å². The van der Waals surface area contributed by atoms with Gasteiger partial charge in [-0.15, -0.1) is 0 Å². The molecule has 228 valence electrons. The molecule has 4 aliphatic rings. The fraction of sp³-hybridized carbons (Fsp3) is 0.618. The summed E-state index contributed by atoms with van der Waals surface area (Å²) in [5.41, 5.74) is -1.32. The second kappa shape index (κ2) is 12.0. The zero-order chi connectivity index (χ0) is 30.2. The van der Waals surface area contributed by atoms with Crippen LogP contribution in [0.25, 0.3) is 0 Å². The molecule has 0 aliphatic carbocycles. The van der Waals surface area contributed by atoms with Crippen molar-refractivity contribution in [2.24, 2.45) is 17.8 Å². The molecule has 1 spiro atoms. The van der Waals surface area contributed by atoms with Crippen molar-refractivity contribution in [2.75, 3.05) is 19.7 Å². The summed E-state index contributed by atoms with van der Waals surface area (Å²) in [5, 5.41) is 10.6. The van der Waals surface area contributed by atoms with Gasteiger partial charge in [-0.25, -0.2) is 0 Å². The number of hydrogen-bond acceptors (Lipinski definition) is 5. The number of aliphatic hydroxyl groups excluding tert-OH is 1. The van der Waals surface area contributed by atoms with Crippen molar-refractivity contribution < 1.29 is 24.2 Å². The number of aliphatic hydroxyl groups is 1. The van der Waals surface area contributed by atoms with E-state index in [1.165, 1.54) is 0 Å². The minimum atomic E-state index is -1.31. The van der Waals surface area contributed by atoms with Gasteiger partial charge in [0.05, 0.1) is 30.1 Å². The Morgan fingerprint density at radius 1 is 0.952 bits per heavy atom. The number of benzene rings is 1. The van der Waals surface area contributed by atoms with E-state index >= 15 is 0 Å². The summed E-state index contributed by atoms with van der Waals surface area (Å²) in [7, 11) is 0. The van der Waals surface area contributed by atoms with E-state index in [0.29, 0.717) is 26.1 Å². The Labute approximate surface area is 250 Å². The van der Waals surface area contributed by atoms with E-state index < -0.39 is 35.1 Å². The van der Waals surface area contributed by atoms with Crippen molar-refractivity contribution in [3.63, 3.8) is 0 Å². The second-order valence-electron chi connectivity index (χ2n) is 12.6. The zero-order valence-electron chi connectivity index (χ0n) is 25.7. The van der Waals surface area contributed by atoms with E-state index in [1.54, 1.807) is 9.80 Å². The molecule has 4 heterocycles. The van der Waals surface area contributed by atoms with Crippen LogP contribution in [-0.4, -0.2) is 86.6 Å². The highest BCUT2D eigenvalue weighted by atomic mass is 16.5. The first-order valence-electron chi connectivity index (χ1n) is 15.8. The number of ether oxygens (including phenoxy) is 1. The van der Waals surface area contributed by atoms with Crippen molar-refractivity contribution in [3.8, 4) is 0 Å². The molecule has 2 unspecified atom stereocenters. The number of likely N-dealkylation sites (tertiary alicyclic amines) is 1. The van der Waals surface area contributed by atoms with Gasteiger partial charge in [-0.2, -0.15) is 0 Å². The van der Waals surface area contributed by atoms with Crippen LogP contribution >= 0.6 is 0 Å². The van der Waals surface area contributed by atoms with Crippen LogP contribution in [-0.2, 0) is 25.7 Å². The minimum Gasteiger partial charge on any atom is -0.394 e. The van der Waals surface area contributed by atoms with Crippen molar-refractivity contribution in [1.29, 1.82) is 0 Å². The highest BCUT2D eigenvalue weighted by molar-refractivity contribution is 6.00. The molecule has 0 bridgehead atoms. The van der Waals surface area contributed by atoms with Crippen molar-refractivity contribution in [1.82, 2.24) is 14.7 Å². The highest BCUT2D eigenvalue weighted by Gasteiger charge is 2.76. The molecule has 8 atom stereocenters. The van der Waals surface area contributed by atoms with Crippen LogP contribution in [0.2, 0.25) is 0 Å². The molecular weight excluding hydrogens is 530 g/mol. The lowest BCUT2D eigenvalue weighted by atomic mass is 9.73. The Morgan fingerprint density at radius 2 is 1.67 bits per heavy atom. The minimum absolute atomic E-state index is 0.0237. The SMILES string of the molecule is CCCC(C)N1CC=C[C@]23O[C@@]4(CC)C=CCN(Cc5ccccc5)C(=O)[C@H]4[C@H]2C(=O)N([C@@H](CO)[C@@H](C)CC)C3C1=O. The molecule has 5 rings (SSSR count). The maximum Gasteiger partial charge on any atom is 0.249 e. The van der Waals surface area contributed by atoms with Crippen LogP contribution in [0.3, 0.4) is 0 Å². The second-order valence-corrected chi connectivity index (χ2v) is 12.6. The molecule has 1 N–H and O–H groups in total. The molecule has 0 radical (unpaired) electrons. The summed E-state index contributed by atoms with van der Waals surface area (Å²) in [6, 6.07) is 8.31. The molecule has 0 aromatic heterocycles. The van der Waals surface area contributed by atoms with Gasteiger partial charge in [-0.05, 0) is 31.2 Å². The van der Waals surface area contributed by atoms with Crippen LogP contribution in [0.15, 0.2) is 54.6 Å². The predicted octanol–water partition coefficient (Wildman–Crippen LogP) is 3.94. The van der Waals surface area contributed by atoms with Crippen LogP contribution in [0.4, 0.5) is 0 Å². The fourth-order valence-corrected chi connectivity index (χ4v) is 7.86. The molecular formula is C34H47N3O5. The van der Waals surface area contributed by atoms with Gasteiger partial charge in [0, 0.05) is 25.7 Å². The van der Waals surface area contributed by atoms with Gasteiger partial charge in [0.2, 0.25) is 17.7 Å². The average molecular weight is 578 g/mol. The predicted molar refractivity (Wildman–Crippen MR) is 161 cm³/mol. The lowest BCUT2D eigenvalue weighted by Gasteiger charge is -2.43. The molecule has 3 amide bonds. The molecule has 1 aromatic carbocycles. The molecule has 8 heteroatoms. The third kappa shape index (κ3) is 4.71. The smallest absolute Gasteiger partial charge is 0.249 e. The Hall–Kier alpha value is -2.97. The summed E-state index contributed by atoms with van der Waals surface area (Å²) >= 11 is 0. The molecule has 42 heavy (non-hydrogen) atoms. The van der Waals surface area contributed by atoms with Gasteiger partial charge in [-0.1, -0.05) is 95.2 Å². The first kappa shape index (κ1) is 30.5. The maximum atomic E-state index is 14.8. The number of amides is 3. The third-order valence-electron chi connectivity index (χ3n) is 10.3. The topological polar surface area (TPSA) is 90.4 Å². The van der Waals surface area contributed by atoms with Crippen molar-refractivity contribution >= 4 is 17.7 Å². The van der Waals surface area contributed by atoms with E-state index in [1.807, 2.05) is 87.2 Å². The summed E-state index contributed by atoms with van der Waals surface area (Å²) < 4.78 is 7.10. The molecule has 4 aliphatic heterocycles. The summed E-state index contributed by atoms with van der Waals surface area (Å²) in [4.78, 5) is 49.3. The number of rotatable bonds is 10. The maximum absolute atomic E-state index is 14.8.